The van der Waals surface area contributed by atoms with Gasteiger partial charge in [-0.3, -0.25) is 14.6 Å². The van der Waals surface area contributed by atoms with Crippen LogP contribution in [0.3, 0.4) is 0 Å². The van der Waals surface area contributed by atoms with Gasteiger partial charge in [-0.1, -0.05) is 56.5 Å². The molecule has 0 aliphatic heterocycles. The minimum absolute atomic E-state index is 0.128. The molecule has 2 aromatic carbocycles. The Kier molecular flexibility index (Phi) is 8.89. The van der Waals surface area contributed by atoms with Gasteiger partial charge < -0.3 is 10.0 Å². The predicted octanol–water partition coefficient (Wildman–Crippen LogP) is 8.17. The van der Waals surface area contributed by atoms with E-state index < -0.39 is 11.8 Å². The number of nitrogens with zero attached hydrogens (tertiary/aromatic N) is 2. The number of benzene rings is 2. The summed E-state index contributed by atoms with van der Waals surface area (Å²) in [6.07, 6.45) is 7.98. The molecule has 1 heterocycles. The molecule has 0 bridgehead atoms. The number of Topliss-reactive ketones (excluding diaryl/α,β-unsaturated/α-hetero) is 1. The lowest BCUT2D eigenvalue weighted by atomic mass is 9.68. The lowest BCUT2D eigenvalue weighted by Crippen LogP contribution is -2.27. The Morgan fingerprint density at radius 1 is 1.02 bits per heavy atom. The molecule has 0 spiro atoms. The van der Waals surface area contributed by atoms with Gasteiger partial charge in [-0.15, -0.1) is 0 Å². The maximum Gasteiger partial charge on any atom is 0.336 e. The highest BCUT2D eigenvalue weighted by Gasteiger charge is 2.34. The van der Waals surface area contributed by atoms with Gasteiger partial charge in [-0.05, 0) is 79.1 Å². The normalized spacial score (nSPS) is 18.6. The minimum Gasteiger partial charge on any atom is -0.478 e. The second kappa shape index (κ2) is 12.2. The number of hydrogen-bond donors (Lipinski definition) is 1. The van der Waals surface area contributed by atoms with Crippen LogP contribution in [-0.2, 0) is 0 Å². The Bertz CT molecular complexity index is 1450. The maximum atomic E-state index is 13.4. The van der Waals surface area contributed by atoms with Crippen LogP contribution in [0, 0.1) is 11.3 Å². The van der Waals surface area contributed by atoms with E-state index in [0.29, 0.717) is 10.9 Å². The molecule has 1 aliphatic carbocycles. The standard InChI is InChI=1S/C33H35ClN2O4/c1-5-21-15-22(6-2)18-33(3,17-21)19-30(37)27-13-7-23(16-28(27)32(39)40)31(38)29-14-12-26(20-35-29)36(4)25-10-8-24(34)9-11-25/h7-14,16-17,20,22H,5-6,15,18-19H2,1-4H3,(H,39,40). The van der Waals surface area contributed by atoms with Crippen molar-refractivity contribution in [3.63, 3.8) is 0 Å². The van der Waals surface area contributed by atoms with Crippen LogP contribution in [0.1, 0.15) is 89.6 Å². The molecule has 0 radical (unpaired) electrons. The molecule has 208 valence electrons. The fourth-order valence-corrected chi connectivity index (χ4v) is 5.75. The van der Waals surface area contributed by atoms with Crippen LogP contribution in [0.25, 0.3) is 0 Å². The average molecular weight is 559 g/mol. The van der Waals surface area contributed by atoms with Crippen molar-refractivity contribution in [1.82, 2.24) is 4.98 Å². The average Bonchev–Trinajstić information content (AvgIpc) is 2.95. The molecular formula is C33H35ClN2O4. The predicted molar refractivity (Wildman–Crippen MR) is 159 cm³/mol. The molecule has 0 saturated carbocycles. The second-order valence-electron chi connectivity index (χ2n) is 10.9. The molecule has 40 heavy (non-hydrogen) atoms. The van der Waals surface area contributed by atoms with Gasteiger partial charge in [-0.2, -0.15) is 0 Å². The first-order valence-corrected chi connectivity index (χ1v) is 14.0. The largest absolute Gasteiger partial charge is 0.478 e. The number of anilines is 2. The highest BCUT2D eigenvalue weighted by atomic mass is 35.5. The summed E-state index contributed by atoms with van der Waals surface area (Å²) in [7, 11) is 1.88. The topological polar surface area (TPSA) is 87.6 Å². The van der Waals surface area contributed by atoms with E-state index in [2.05, 4.69) is 31.8 Å². The number of rotatable bonds is 10. The summed E-state index contributed by atoms with van der Waals surface area (Å²) in [5.74, 6) is -1.37. The third kappa shape index (κ3) is 6.50. The van der Waals surface area contributed by atoms with Gasteiger partial charge in [0.25, 0.3) is 0 Å². The summed E-state index contributed by atoms with van der Waals surface area (Å²) >= 11 is 5.98. The lowest BCUT2D eigenvalue weighted by molar-refractivity contribution is 0.0690. The van der Waals surface area contributed by atoms with Crippen LogP contribution in [0.4, 0.5) is 11.4 Å². The fraction of sp³-hybridized carbons (Fsp3) is 0.333. The van der Waals surface area contributed by atoms with Crippen molar-refractivity contribution in [2.45, 2.75) is 52.9 Å². The third-order valence-corrected chi connectivity index (χ3v) is 8.10. The highest BCUT2D eigenvalue weighted by Crippen LogP contribution is 2.43. The Morgan fingerprint density at radius 2 is 1.73 bits per heavy atom. The molecule has 0 amide bonds. The summed E-state index contributed by atoms with van der Waals surface area (Å²) in [6, 6.07) is 15.0. The molecule has 4 rings (SSSR count). The Morgan fingerprint density at radius 3 is 2.33 bits per heavy atom. The molecule has 0 fully saturated rings. The van der Waals surface area contributed by atoms with Crippen molar-refractivity contribution in [1.29, 1.82) is 0 Å². The number of hydrogen-bond acceptors (Lipinski definition) is 5. The van der Waals surface area contributed by atoms with Crippen molar-refractivity contribution >= 4 is 40.5 Å². The van der Waals surface area contributed by atoms with Gasteiger partial charge >= 0.3 is 5.97 Å². The van der Waals surface area contributed by atoms with Crippen LogP contribution in [-0.4, -0.2) is 34.7 Å². The summed E-state index contributed by atoms with van der Waals surface area (Å²) < 4.78 is 0. The van der Waals surface area contributed by atoms with Gasteiger partial charge in [0.2, 0.25) is 5.78 Å². The van der Waals surface area contributed by atoms with Crippen molar-refractivity contribution in [3.05, 3.63) is 99.9 Å². The monoisotopic (exact) mass is 558 g/mol. The zero-order chi connectivity index (χ0) is 29.0. The second-order valence-corrected chi connectivity index (χ2v) is 11.4. The van der Waals surface area contributed by atoms with E-state index >= 15 is 0 Å². The first kappa shape index (κ1) is 29.2. The van der Waals surface area contributed by atoms with Crippen molar-refractivity contribution in [2.24, 2.45) is 11.3 Å². The smallest absolute Gasteiger partial charge is 0.336 e. The number of carboxylic acid groups (broad SMARTS) is 1. The van der Waals surface area contributed by atoms with Crippen LogP contribution in [0.5, 0.6) is 0 Å². The number of aromatic nitrogens is 1. The van der Waals surface area contributed by atoms with E-state index in [1.165, 1.54) is 23.8 Å². The van der Waals surface area contributed by atoms with Gasteiger partial charge in [0.15, 0.2) is 5.78 Å². The molecule has 1 aromatic heterocycles. The van der Waals surface area contributed by atoms with Gasteiger partial charge in [0, 0.05) is 35.3 Å². The molecule has 3 aromatic rings. The number of pyridine rings is 1. The van der Waals surface area contributed by atoms with E-state index in [1.807, 2.05) is 24.1 Å². The zero-order valence-electron chi connectivity index (χ0n) is 23.4. The fourth-order valence-electron chi connectivity index (χ4n) is 5.62. The van der Waals surface area contributed by atoms with Gasteiger partial charge in [0.1, 0.15) is 5.69 Å². The summed E-state index contributed by atoms with van der Waals surface area (Å²) in [5, 5.41) is 10.6. The minimum atomic E-state index is -1.24. The van der Waals surface area contributed by atoms with Crippen molar-refractivity contribution in [3.8, 4) is 0 Å². The Balaban J connectivity index is 1.55. The number of allylic oxidation sites excluding steroid dienone is 2. The molecule has 7 heteroatoms. The first-order chi connectivity index (χ1) is 19.0. The van der Waals surface area contributed by atoms with Gasteiger partial charge in [0.05, 0.1) is 17.4 Å². The Labute approximate surface area is 240 Å². The summed E-state index contributed by atoms with van der Waals surface area (Å²) in [6.45, 7) is 6.38. The van der Waals surface area contributed by atoms with Crippen LogP contribution in [0.2, 0.25) is 5.02 Å². The Hall–Kier alpha value is -3.77. The van der Waals surface area contributed by atoms with Crippen LogP contribution >= 0.6 is 11.6 Å². The first-order valence-electron chi connectivity index (χ1n) is 13.6. The van der Waals surface area contributed by atoms with E-state index in [1.54, 1.807) is 30.5 Å². The number of carbonyl (C=O) groups excluding carboxylic acids is 2. The van der Waals surface area contributed by atoms with Crippen molar-refractivity contribution in [2.75, 3.05) is 11.9 Å². The summed E-state index contributed by atoms with van der Waals surface area (Å²) in [4.78, 5) is 45.1. The number of halogens is 1. The molecule has 2 atom stereocenters. The molecule has 0 saturated heterocycles. The van der Waals surface area contributed by atoms with E-state index in [9.17, 15) is 19.5 Å². The number of aromatic carboxylic acids is 1. The SMILES string of the molecule is CCC1=CC(C)(CC(=O)c2ccc(C(=O)c3ccc(N(C)c4ccc(Cl)cc4)cn3)cc2C(=O)O)CC(CC)C1. The number of ketones is 2. The quantitative estimate of drug-likeness (QED) is 0.199. The van der Waals surface area contributed by atoms with Crippen LogP contribution in [0.15, 0.2) is 72.4 Å². The zero-order valence-corrected chi connectivity index (χ0v) is 24.2. The van der Waals surface area contributed by atoms with E-state index in [4.69, 9.17) is 11.6 Å². The molecule has 2 unspecified atom stereocenters. The van der Waals surface area contributed by atoms with Crippen LogP contribution < -0.4 is 4.90 Å². The number of carboxylic acids is 1. The molecule has 6 nitrogen and oxygen atoms in total. The molecule has 1 N–H and O–H groups in total. The van der Waals surface area contributed by atoms with Crippen molar-refractivity contribution < 1.29 is 19.5 Å². The highest BCUT2D eigenvalue weighted by molar-refractivity contribution is 6.30. The van der Waals surface area contributed by atoms with Gasteiger partial charge in [-0.25, -0.2) is 4.79 Å². The third-order valence-electron chi connectivity index (χ3n) is 7.85. The lowest BCUT2D eigenvalue weighted by Gasteiger charge is -2.36. The maximum absolute atomic E-state index is 13.4. The summed E-state index contributed by atoms with van der Waals surface area (Å²) in [5.41, 5.74) is 3.02. The molecular weight excluding hydrogens is 524 g/mol. The van der Waals surface area contributed by atoms with E-state index in [0.717, 1.165) is 37.1 Å². The molecule has 1 aliphatic rings. The van der Waals surface area contributed by atoms with E-state index in [-0.39, 0.29) is 40.0 Å². The number of carbonyl (C=O) groups is 3.